The Hall–Kier alpha value is -10.7. The molecule has 3 saturated carbocycles. The number of amides is 6. The summed E-state index contributed by atoms with van der Waals surface area (Å²) >= 11 is 0. The molecule has 30 nitrogen and oxygen atoms in total. The molecular formula is C81H101N24O6+. The molecule has 2 unspecified atom stereocenters. The highest BCUT2D eigenvalue weighted by Gasteiger charge is 2.46. The number of hydrogen-bond acceptors (Lipinski definition) is 21. The summed E-state index contributed by atoms with van der Waals surface area (Å²) in [5.41, 5.74) is 6.66. The second-order valence-corrected chi connectivity index (χ2v) is 32.0. The second kappa shape index (κ2) is 32.3. The van der Waals surface area contributed by atoms with E-state index in [1.807, 2.05) is 69.3 Å². The lowest BCUT2D eigenvalue weighted by atomic mass is 10.0. The van der Waals surface area contributed by atoms with Gasteiger partial charge in [-0.1, -0.05) is 77.0 Å². The van der Waals surface area contributed by atoms with E-state index in [0.717, 1.165) is 186 Å². The maximum Gasteiger partial charge on any atom is 0.435 e. The van der Waals surface area contributed by atoms with Crippen LogP contribution in [0.2, 0.25) is 0 Å². The number of pyridine rings is 3. The van der Waals surface area contributed by atoms with E-state index in [0.29, 0.717) is 70.1 Å². The van der Waals surface area contributed by atoms with Gasteiger partial charge in [0.25, 0.3) is 11.8 Å². The Labute approximate surface area is 645 Å². The van der Waals surface area contributed by atoms with Crippen molar-refractivity contribution in [2.75, 3.05) is 125 Å². The summed E-state index contributed by atoms with van der Waals surface area (Å²) in [6.45, 7) is 11.0. The molecule has 9 aliphatic rings. The molecule has 111 heavy (non-hydrogen) atoms. The van der Waals surface area contributed by atoms with Crippen LogP contribution in [-0.2, 0) is 14.4 Å². The van der Waals surface area contributed by atoms with Crippen LogP contribution in [-0.4, -0.2) is 209 Å². The Balaban J connectivity index is 0.000000126. The second-order valence-electron chi connectivity index (χ2n) is 32.0. The van der Waals surface area contributed by atoms with Crippen molar-refractivity contribution in [3.05, 3.63) is 109 Å². The van der Waals surface area contributed by atoms with Gasteiger partial charge in [0, 0.05) is 158 Å². The van der Waals surface area contributed by atoms with Crippen molar-refractivity contribution >= 4 is 128 Å². The number of carbonyl (C=O) groups is 6. The Morgan fingerprint density at radius 1 is 0.414 bits per heavy atom. The van der Waals surface area contributed by atoms with Gasteiger partial charge in [-0.15, -0.1) is 0 Å². The maximum atomic E-state index is 13.1. The molecule has 0 radical (unpaired) electrons. The molecule has 15 heterocycles. The number of nitrogens with one attached hydrogen (secondary N) is 6. The number of rotatable bonds is 15. The van der Waals surface area contributed by atoms with Crippen molar-refractivity contribution < 1.29 is 33.3 Å². The van der Waals surface area contributed by atoms with Crippen LogP contribution < -0.4 is 46.6 Å². The largest absolute Gasteiger partial charge is 0.435 e. The van der Waals surface area contributed by atoms with Crippen LogP contribution in [0.5, 0.6) is 0 Å². The molecular weight excluding hydrogens is 1410 g/mol. The lowest BCUT2D eigenvalue weighted by molar-refractivity contribution is -0.385. The number of nitrogens with zero attached hydrogens (tertiary/aromatic N) is 18. The predicted octanol–water partition coefficient (Wildman–Crippen LogP) is 9.83. The van der Waals surface area contributed by atoms with E-state index in [4.69, 9.17) is 15.0 Å². The molecule has 30 heteroatoms. The van der Waals surface area contributed by atoms with E-state index in [-0.39, 0.29) is 71.3 Å². The minimum Gasteiger partial charge on any atom is -0.343 e. The Kier molecular flexibility index (Phi) is 21.6. The summed E-state index contributed by atoms with van der Waals surface area (Å²) in [6, 6.07) is 17.7. The zero-order chi connectivity index (χ0) is 76.6. The van der Waals surface area contributed by atoms with Gasteiger partial charge in [0.15, 0.2) is 5.69 Å². The van der Waals surface area contributed by atoms with Crippen LogP contribution in [0, 0.1) is 35.5 Å². The number of fused-ring (bicyclic) bond motifs is 6. The lowest BCUT2D eigenvalue weighted by Crippen LogP contribution is -2.30. The molecule has 9 fully saturated rings. The van der Waals surface area contributed by atoms with E-state index >= 15 is 0 Å². The van der Waals surface area contributed by atoms with Crippen LogP contribution in [0.15, 0.2) is 91.8 Å². The van der Waals surface area contributed by atoms with E-state index < -0.39 is 0 Å². The molecule has 6 saturated heterocycles. The third-order valence-corrected chi connectivity index (χ3v) is 24.0. The molecule has 3 aliphatic carbocycles. The monoisotopic (exact) mass is 1510 g/mol. The van der Waals surface area contributed by atoms with Gasteiger partial charge >= 0.3 is 5.91 Å². The fraction of sp³-hybridized carbons (Fsp3) is 0.506. The first-order chi connectivity index (χ1) is 54.0. The fourth-order valence-corrected chi connectivity index (χ4v) is 18.1. The highest BCUT2D eigenvalue weighted by molar-refractivity contribution is 6.01. The predicted molar refractivity (Wildman–Crippen MR) is 426 cm³/mol. The van der Waals surface area contributed by atoms with Crippen LogP contribution >= 0.6 is 0 Å². The number of hydrogen-bond donors (Lipinski definition) is 6. The molecule has 6 aliphatic heterocycles. The van der Waals surface area contributed by atoms with Crippen molar-refractivity contribution in [2.24, 2.45) is 35.5 Å². The Morgan fingerprint density at radius 3 is 0.982 bits per heavy atom. The summed E-state index contributed by atoms with van der Waals surface area (Å²) < 4.78 is 7.74. The molecule has 0 bridgehead atoms. The van der Waals surface area contributed by atoms with Crippen molar-refractivity contribution in [1.29, 1.82) is 0 Å². The molecule has 6 N–H and O–H groups in total. The Bertz CT molecular complexity index is 4750. The van der Waals surface area contributed by atoms with Gasteiger partial charge in [0.05, 0.1) is 53.4 Å². The summed E-state index contributed by atoms with van der Waals surface area (Å²) in [5, 5.41) is 22.1. The van der Waals surface area contributed by atoms with E-state index in [9.17, 15) is 28.8 Å². The van der Waals surface area contributed by atoms with Crippen molar-refractivity contribution in [3.8, 4) is 0 Å². The topological polar surface area (TPSA) is 325 Å². The molecule has 580 valence electrons. The highest BCUT2D eigenvalue weighted by atomic mass is 16.2. The van der Waals surface area contributed by atoms with Crippen molar-refractivity contribution in [1.82, 2.24) is 84.3 Å². The first-order valence-electron chi connectivity index (χ1n) is 39.9. The fourth-order valence-electron chi connectivity index (χ4n) is 18.1. The summed E-state index contributed by atoms with van der Waals surface area (Å²) in [7, 11) is 8.80. The Morgan fingerprint density at radius 2 is 0.712 bits per heavy atom. The van der Waals surface area contributed by atoms with E-state index in [1.165, 1.54) is 43.1 Å². The molecule has 9 aromatic heterocycles. The van der Waals surface area contributed by atoms with Crippen LogP contribution in [0.25, 0.3) is 33.1 Å². The normalized spacial score (nSPS) is 22.3. The SMILES string of the molecule is C=[N+](C)C(=O)c1cc2cnc(Nc3ccc(N4C[C@@H]5CNC[C@@H]5C4=O)cn3)nc2n1C1CCCCCC1.CN(C)C(=O)c1cc2cnc(Nc3ccc(N4CC5CNCC5C4=O)cn3)nc2n1C1CCCCCC1.CN(C)C(=O)c1cc2cnc(Nc3ccc(N4C[C@H]5CNC[C@H]5C4=O)cn3)nc2n1C1CCCCCC1. The van der Waals surface area contributed by atoms with E-state index in [2.05, 4.69) is 82.2 Å². The maximum absolute atomic E-state index is 13.1. The molecule has 18 rings (SSSR count). The summed E-state index contributed by atoms with van der Waals surface area (Å²) in [6.07, 6.45) is 31.0. The first-order valence-corrected chi connectivity index (χ1v) is 39.9. The zero-order valence-electron chi connectivity index (χ0n) is 64.2. The molecule has 0 spiro atoms. The molecule has 9 aromatic rings. The van der Waals surface area contributed by atoms with Gasteiger partial charge in [-0.2, -0.15) is 19.5 Å². The van der Waals surface area contributed by atoms with Gasteiger partial charge in [-0.25, -0.2) is 34.7 Å². The summed E-state index contributed by atoms with van der Waals surface area (Å²) in [4.78, 5) is 128. The minimum absolute atomic E-state index is 0.0228. The quantitative estimate of drug-likeness (QED) is 0.0316. The number of anilines is 9. The average molecular weight is 1510 g/mol. The number of aromatic nitrogens is 12. The smallest absolute Gasteiger partial charge is 0.343 e. The van der Waals surface area contributed by atoms with Crippen molar-refractivity contribution in [2.45, 2.75) is 134 Å². The van der Waals surface area contributed by atoms with Crippen LogP contribution in [0.3, 0.4) is 0 Å². The van der Waals surface area contributed by atoms with Crippen molar-refractivity contribution in [3.63, 3.8) is 0 Å². The first kappa shape index (κ1) is 74.4. The average Bonchev–Trinajstić information content (AvgIpc) is 1.62. The standard InChI is InChI=1S/2C27H34N8O2.C27H32N8O2/c3*1-33(2)26(37)22-11-17-13-30-27(32-24(17)35(22)19-7-5-3-4-6-8-19)31-23-10-9-20(14-29-23)34-16-18-12-28-15-21(18)25(34)36/h2*9-11,13-14,18-19,21,28H,3-8,12,15-16H2,1-2H3,(H,29,30,31,32);9-11,13-14,18-19,21,28H,1,3-8,12,15-16H2,2H3/p+1/t18-,21-;;18-,21-/m1.0/s1. The number of carbonyl (C=O) groups excluding carboxylic acids is 6. The van der Waals surface area contributed by atoms with E-state index in [1.54, 1.807) is 82.2 Å². The van der Waals surface area contributed by atoms with Gasteiger partial charge in [-0.3, -0.25) is 24.0 Å². The molecule has 0 aromatic carbocycles. The minimum atomic E-state index is -0.134. The van der Waals surface area contributed by atoms with Gasteiger partial charge in [0.1, 0.15) is 59.5 Å². The van der Waals surface area contributed by atoms with Gasteiger partial charge < -0.3 is 70.1 Å². The summed E-state index contributed by atoms with van der Waals surface area (Å²) in [5.74, 6) is 4.77. The third kappa shape index (κ3) is 15.4. The zero-order valence-corrected chi connectivity index (χ0v) is 64.2. The van der Waals surface area contributed by atoms with Gasteiger partial charge in [0.2, 0.25) is 35.6 Å². The van der Waals surface area contributed by atoms with Crippen LogP contribution in [0.1, 0.15) is 165 Å². The molecule has 6 amide bonds. The molecule has 6 atom stereocenters. The highest BCUT2D eigenvalue weighted by Crippen LogP contribution is 2.40. The van der Waals surface area contributed by atoms with Crippen LogP contribution in [0.4, 0.5) is 52.4 Å². The third-order valence-electron chi connectivity index (χ3n) is 24.0. The lowest BCUT2D eigenvalue weighted by Gasteiger charge is -2.22. The van der Waals surface area contributed by atoms with Gasteiger partial charge in [-0.05, 0) is 93.1 Å².